The van der Waals surface area contributed by atoms with Crippen LogP contribution in [0.3, 0.4) is 0 Å². The molecule has 0 spiro atoms. The smallest absolute Gasteiger partial charge is 0.173 e. The Kier molecular flexibility index (Phi) is 4.59. The topological polar surface area (TPSA) is 15.6 Å². The Hall–Kier alpha value is -1.39. The van der Waals surface area contributed by atoms with Crippen LogP contribution in [0.5, 0.6) is 0 Å². The van der Waals surface area contributed by atoms with E-state index in [1.54, 1.807) is 17.8 Å². The SMILES string of the molecule is CC1=CN2C(=NC(c3ccc(Cl)c(Cl)c3)=CC2c2ccc(Cl)cc2)S1. The van der Waals surface area contributed by atoms with Crippen molar-refractivity contribution in [2.75, 3.05) is 0 Å². The lowest BCUT2D eigenvalue weighted by atomic mass is 10.0. The van der Waals surface area contributed by atoms with Crippen LogP contribution < -0.4 is 0 Å². The maximum atomic E-state index is 6.19. The molecule has 0 fully saturated rings. The van der Waals surface area contributed by atoms with Crippen molar-refractivity contribution in [2.45, 2.75) is 13.0 Å². The predicted molar refractivity (Wildman–Crippen MR) is 109 cm³/mol. The van der Waals surface area contributed by atoms with Crippen LogP contribution in [0.2, 0.25) is 15.1 Å². The van der Waals surface area contributed by atoms with Crippen LogP contribution in [-0.4, -0.2) is 10.1 Å². The second kappa shape index (κ2) is 6.73. The fraction of sp³-hybridized carbons (Fsp3) is 0.105. The minimum Gasteiger partial charge on any atom is -0.315 e. The molecular formula is C19H13Cl3N2S. The van der Waals surface area contributed by atoms with E-state index in [0.29, 0.717) is 10.0 Å². The molecule has 2 aromatic rings. The minimum absolute atomic E-state index is 0.0548. The van der Waals surface area contributed by atoms with Gasteiger partial charge >= 0.3 is 0 Å². The van der Waals surface area contributed by atoms with E-state index in [4.69, 9.17) is 39.8 Å². The number of halogens is 3. The van der Waals surface area contributed by atoms with Gasteiger partial charge in [0.1, 0.15) is 0 Å². The number of amidine groups is 1. The lowest BCUT2D eigenvalue weighted by Crippen LogP contribution is -2.27. The molecule has 2 aromatic carbocycles. The van der Waals surface area contributed by atoms with Gasteiger partial charge in [0.25, 0.3) is 0 Å². The number of benzene rings is 2. The molecule has 0 bridgehead atoms. The zero-order chi connectivity index (χ0) is 17.6. The minimum atomic E-state index is 0.0548. The Morgan fingerprint density at radius 1 is 1.00 bits per heavy atom. The third-order valence-electron chi connectivity index (χ3n) is 4.05. The van der Waals surface area contributed by atoms with E-state index in [9.17, 15) is 0 Å². The highest BCUT2D eigenvalue weighted by Crippen LogP contribution is 2.42. The van der Waals surface area contributed by atoms with Crippen molar-refractivity contribution in [1.82, 2.24) is 4.90 Å². The van der Waals surface area contributed by atoms with E-state index in [-0.39, 0.29) is 6.04 Å². The number of fused-ring (bicyclic) bond motifs is 1. The van der Waals surface area contributed by atoms with Crippen molar-refractivity contribution in [1.29, 1.82) is 0 Å². The largest absolute Gasteiger partial charge is 0.315 e. The summed E-state index contributed by atoms with van der Waals surface area (Å²) >= 11 is 20.0. The molecule has 0 aliphatic carbocycles. The van der Waals surface area contributed by atoms with Gasteiger partial charge in [-0.05, 0) is 42.8 Å². The summed E-state index contributed by atoms with van der Waals surface area (Å²) in [4.78, 5) is 8.21. The van der Waals surface area contributed by atoms with E-state index in [1.807, 2.05) is 36.4 Å². The molecule has 0 radical (unpaired) electrons. The lowest BCUT2D eigenvalue weighted by Gasteiger charge is -2.30. The quantitative estimate of drug-likeness (QED) is 0.532. The zero-order valence-corrected chi connectivity index (χ0v) is 16.3. The number of nitrogens with zero attached hydrogens (tertiary/aromatic N) is 2. The van der Waals surface area contributed by atoms with E-state index in [2.05, 4.69) is 24.1 Å². The molecule has 126 valence electrons. The number of hydrogen-bond acceptors (Lipinski definition) is 3. The van der Waals surface area contributed by atoms with Crippen LogP contribution in [0, 0.1) is 0 Å². The molecule has 2 aliphatic heterocycles. The van der Waals surface area contributed by atoms with Crippen molar-refractivity contribution in [2.24, 2.45) is 4.99 Å². The highest BCUT2D eigenvalue weighted by molar-refractivity contribution is 8.17. The van der Waals surface area contributed by atoms with Gasteiger partial charge in [0, 0.05) is 21.7 Å². The predicted octanol–water partition coefficient (Wildman–Crippen LogP) is 7.01. The molecule has 0 N–H and O–H groups in total. The first kappa shape index (κ1) is 17.0. The first-order valence-corrected chi connectivity index (χ1v) is 9.62. The molecule has 2 aliphatic rings. The Balaban J connectivity index is 1.80. The van der Waals surface area contributed by atoms with Crippen LogP contribution in [0.25, 0.3) is 5.70 Å². The first-order chi connectivity index (χ1) is 12.0. The number of allylic oxidation sites excluding steroid dienone is 1. The van der Waals surface area contributed by atoms with Crippen LogP contribution in [0.4, 0.5) is 0 Å². The lowest BCUT2D eigenvalue weighted by molar-refractivity contribution is 0.490. The molecular weight excluding hydrogens is 395 g/mol. The van der Waals surface area contributed by atoms with E-state index >= 15 is 0 Å². The van der Waals surface area contributed by atoms with Crippen molar-refractivity contribution >= 4 is 57.4 Å². The molecule has 1 unspecified atom stereocenters. The molecule has 6 heteroatoms. The number of rotatable bonds is 2. The summed E-state index contributed by atoms with van der Waals surface area (Å²) in [5.74, 6) is 0. The maximum absolute atomic E-state index is 6.19. The van der Waals surface area contributed by atoms with Crippen LogP contribution in [0.15, 0.2) is 64.6 Å². The molecule has 0 saturated heterocycles. The van der Waals surface area contributed by atoms with Gasteiger partial charge in [-0.15, -0.1) is 0 Å². The van der Waals surface area contributed by atoms with Gasteiger partial charge in [-0.1, -0.05) is 64.8 Å². The average Bonchev–Trinajstić information content (AvgIpc) is 2.97. The second-order valence-electron chi connectivity index (χ2n) is 5.82. The molecule has 4 rings (SSSR count). The van der Waals surface area contributed by atoms with E-state index in [0.717, 1.165) is 27.0 Å². The summed E-state index contributed by atoms with van der Waals surface area (Å²) in [5, 5.41) is 2.75. The summed E-state index contributed by atoms with van der Waals surface area (Å²) in [5.41, 5.74) is 2.99. The monoisotopic (exact) mass is 406 g/mol. The van der Waals surface area contributed by atoms with Gasteiger partial charge in [0.15, 0.2) is 5.17 Å². The average molecular weight is 408 g/mol. The fourth-order valence-electron chi connectivity index (χ4n) is 2.86. The number of aliphatic imine (C=N–C) groups is 1. The molecule has 1 atom stereocenters. The van der Waals surface area contributed by atoms with Crippen molar-refractivity contribution in [3.63, 3.8) is 0 Å². The number of hydrogen-bond donors (Lipinski definition) is 0. The van der Waals surface area contributed by atoms with Gasteiger partial charge in [0.05, 0.1) is 21.8 Å². The number of thioether (sulfide) groups is 1. The molecule has 2 nitrogen and oxygen atoms in total. The third-order valence-corrected chi connectivity index (χ3v) is 5.96. The second-order valence-corrected chi connectivity index (χ2v) is 8.28. The van der Waals surface area contributed by atoms with Crippen LogP contribution >= 0.6 is 46.6 Å². The van der Waals surface area contributed by atoms with Gasteiger partial charge in [-0.2, -0.15) is 0 Å². The Morgan fingerprint density at radius 2 is 1.76 bits per heavy atom. The Morgan fingerprint density at radius 3 is 2.48 bits per heavy atom. The van der Waals surface area contributed by atoms with Gasteiger partial charge in [-0.25, -0.2) is 4.99 Å². The van der Waals surface area contributed by atoms with Crippen molar-refractivity contribution < 1.29 is 0 Å². The molecule has 2 heterocycles. The summed E-state index contributed by atoms with van der Waals surface area (Å²) in [6.07, 6.45) is 4.27. The van der Waals surface area contributed by atoms with Crippen molar-refractivity contribution in [3.05, 3.63) is 85.8 Å². The molecule has 0 amide bonds. The van der Waals surface area contributed by atoms with Crippen LogP contribution in [0.1, 0.15) is 24.1 Å². The Labute approximate surface area is 165 Å². The standard InChI is InChI=1S/C19H13Cl3N2S/c1-11-10-24-18(12-2-5-14(20)6-3-12)9-17(23-19(24)25-11)13-4-7-15(21)16(22)8-13/h2-10,18H,1H3. The highest BCUT2D eigenvalue weighted by Gasteiger charge is 2.30. The Bertz CT molecular complexity index is 932. The van der Waals surface area contributed by atoms with Gasteiger partial charge in [-0.3, -0.25) is 0 Å². The van der Waals surface area contributed by atoms with Crippen molar-refractivity contribution in [3.8, 4) is 0 Å². The van der Waals surface area contributed by atoms with E-state index in [1.165, 1.54) is 4.91 Å². The highest BCUT2D eigenvalue weighted by atomic mass is 35.5. The maximum Gasteiger partial charge on any atom is 0.173 e. The third kappa shape index (κ3) is 3.34. The molecule has 25 heavy (non-hydrogen) atoms. The summed E-state index contributed by atoms with van der Waals surface area (Å²) in [7, 11) is 0. The van der Waals surface area contributed by atoms with Crippen LogP contribution in [-0.2, 0) is 0 Å². The zero-order valence-electron chi connectivity index (χ0n) is 13.2. The van der Waals surface area contributed by atoms with Gasteiger partial charge in [0.2, 0.25) is 0 Å². The summed E-state index contributed by atoms with van der Waals surface area (Å²) in [6.45, 7) is 2.09. The van der Waals surface area contributed by atoms with E-state index < -0.39 is 0 Å². The normalized spacial score (nSPS) is 19.3. The molecule has 0 aromatic heterocycles. The van der Waals surface area contributed by atoms with Gasteiger partial charge < -0.3 is 4.90 Å². The summed E-state index contributed by atoms with van der Waals surface area (Å²) in [6, 6.07) is 13.6. The fourth-order valence-corrected chi connectivity index (χ4v) is 4.15. The summed E-state index contributed by atoms with van der Waals surface area (Å²) < 4.78 is 0. The first-order valence-electron chi connectivity index (χ1n) is 7.67. The molecule has 0 saturated carbocycles.